The molecule has 0 saturated carbocycles. The van der Waals surface area contributed by atoms with Crippen molar-refractivity contribution in [2.24, 2.45) is 0 Å². The molecule has 0 saturated heterocycles. The van der Waals surface area contributed by atoms with Gasteiger partial charge in [0.15, 0.2) is 0 Å². The van der Waals surface area contributed by atoms with Crippen LogP contribution < -0.4 is 5.73 Å². The number of hydrogen-bond donors (Lipinski definition) is 2. The first-order valence-electron chi connectivity index (χ1n) is 7.42. The van der Waals surface area contributed by atoms with E-state index in [9.17, 15) is 4.39 Å². The van der Waals surface area contributed by atoms with Crippen LogP contribution in [0, 0.1) is 5.82 Å². The summed E-state index contributed by atoms with van der Waals surface area (Å²) in [5.74, 6) is -0.0188. The van der Waals surface area contributed by atoms with Gasteiger partial charge < -0.3 is 10.5 Å². The molecule has 24 heavy (non-hydrogen) atoms. The van der Waals surface area contributed by atoms with Gasteiger partial charge in [0, 0.05) is 30.5 Å². The van der Waals surface area contributed by atoms with Crippen molar-refractivity contribution >= 4 is 27.6 Å². The normalized spacial score (nSPS) is 11.6. The molecule has 0 unspecified atom stereocenters. The lowest BCUT2D eigenvalue weighted by Crippen LogP contribution is -2.03. The quantitative estimate of drug-likeness (QED) is 0.600. The number of nitrogens with one attached hydrogen (secondary N) is 1. The highest BCUT2D eigenvalue weighted by Gasteiger charge is 2.15. The Bertz CT molecular complexity index is 1020. The van der Waals surface area contributed by atoms with Crippen LogP contribution in [0.1, 0.15) is 0 Å². The van der Waals surface area contributed by atoms with Crippen LogP contribution in [0.5, 0.6) is 0 Å². The van der Waals surface area contributed by atoms with E-state index in [-0.39, 0.29) is 5.82 Å². The SMILES string of the molecule is COCCn1cc2c(N)nc3cc(-c4cc[nH]n4)c(F)cc3c2n1. The van der Waals surface area contributed by atoms with Gasteiger partial charge in [-0.05, 0) is 18.2 Å². The summed E-state index contributed by atoms with van der Waals surface area (Å²) in [7, 11) is 1.63. The molecule has 0 bridgehead atoms. The predicted molar refractivity (Wildman–Crippen MR) is 88.9 cm³/mol. The lowest BCUT2D eigenvalue weighted by atomic mass is 10.1. The number of ether oxygens (including phenoxy) is 1. The van der Waals surface area contributed by atoms with Gasteiger partial charge in [-0.1, -0.05) is 0 Å². The third-order valence-corrected chi connectivity index (χ3v) is 3.92. The van der Waals surface area contributed by atoms with Crippen molar-refractivity contribution in [2.75, 3.05) is 19.5 Å². The summed E-state index contributed by atoms with van der Waals surface area (Å²) in [6.07, 6.45) is 3.44. The highest BCUT2D eigenvalue weighted by Crippen LogP contribution is 2.31. The Hall–Kier alpha value is -3.00. The number of fused-ring (bicyclic) bond motifs is 3. The van der Waals surface area contributed by atoms with Gasteiger partial charge in [0.25, 0.3) is 0 Å². The maximum atomic E-state index is 14.6. The molecule has 3 N–H and O–H groups in total. The van der Waals surface area contributed by atoms with E-state index in [1.54, 1.807) is 36.3 Å². The summed E-state index contributed by atoms with van der Waals surface area (Å²) in [6.45, 7) is 1.11. The van der Waals surface area contributed by atoms with E-state index >= 15 is 0 Å². The number of nitrogens with zero attached hydrogens (tertiary/aromatic N) is 4. The molecule has 3 heterocycles. The number of halogens is 1. The van der Waals surface area contributed by atoms with Crippen LogP contribution in [0.3, 0.4) is 0 Å². The van der Waals surface area contributed by atoms with Crippen LogP contribution in [0.25, 0.3) is 33.1 Å². The Morgan fingerprint density at radius 2 is 2.21 bits per heavy atom. The Labute approximate surface area is 136 Å². The van der Waals surface area contributed by atoms with E-state index in [2.05, 4.69) is 20.3 Å². The van der Waals surface area contributed by atoms with Gasteiger partial charge in [-0.2, -0.15) is 10.2 Å². The number of rotatable bonds is 4. The van der Waals surface area contributed by atoms with E-state index in [0.29, 0.717) is 52.0 Å². The molecule has 4 aromatic rings. The third-order valence-electron chi connectivity index (χ3n) is 3.92. The van der Waals surface area contributed by atoms with Crippen LogP contribution in [0.4, 0.5) is 10.2 Å². The molecule has 4 rings (SSSR count). The molecule has 8 heteroatoms. The van der Waals surface area contributed by atoms with E-state index in [1.807, 2.05) is 0 Å². The first-order chi connectivity index (χ1) is 11.7. The van der Waals surface area contributed by atoms with Crippen molar-refractivity contribution < 1.29 is 9.13 Å². The van der Waals surface area contributed by atoms with Crippen LogP contribution >= 0.6 is 0 Å². The largest absolute Gasteiger partial charge is 0.383 e. The molecule has 0 aliphatic rings. The molecule has 0 aliphatic heterocycles. The number of H-pyrrole nitrogens is 1. The summed E-state index contributed by atoms with van der Waals surface area (Å²) >= 11 is 0. The number of benzene rings is 1. The number of pyridine rings is 1. The molecule has 0 atom stereocenters. The van der Waals surface area contributed by atoms with Crippen molar-refractivity contribution in [1.82, 2.24) is 25.0 Å². The molecule has 0 radical (unpaired) electrons. The molecule has 0 aliphatic carbocycles. The summed E-state index contributed by atoms with van der Waals surface area (Å²) < 4.78 is 21.3. The van der Waals surface area contributed by atoms with Gasteiger partial charge in [-0.3, -0.25) is 9.78 Å². The van der Waals surface area contributed by atoms with Gasteiger partial charge >= 0.3 is 0 Å². The zero-order valence-electron chi connectivity index (χ0n) is 13.0. The van der Waals surface area contributed by atoms with E-state index in [0.717, 1.165) is 0 Å². The Morgan fingerprint density at radius 3 is 2.96 bits per heavy atom. The molecule has 0 fully saturated rings. The second kappa shape index (κ2) is 5.57. The summed E-state index contributed by atoms with van der Waals surface area (Å²) in [6, 6.07) is 4.78. The number of nitrogen functional groups attached to an aromatic ring is 1. The average Bonchev–Trinajstić information content (AvgIpc) is 3.23. The van der Waals surface area contributed by atoms with Gasteiger partial charge in [-0.25, -0.2) is 9.37 Å². The van der Waals surface area contributed by atoms with E-state index < -0.39 is 0 Å². The van der Waals surface area contributed by atoms with Gasteiger partial charge in [0.1, 0.15) is 17.2 Å². The summed E-state index contributed by atoms with van der Waals surface area (Å²) in [5, 5.41) is 12.5. The number of methoxy groups -OCH3 is 1. The van der Waals surface area contributed by atoms with Crippen LogP contribution in [-0.2, 0) is 11.3 Å². The molecular formula is C16H15FN6O. The van der Waals surface area contributed by atoms with E-state index in [1.165, 1.54) is 6.07 Å². The zero-order chi connectivity index (χ0) is 16.7. The maximum absolute atomic E-state index is 14.6. The topological polar surface area (TPSA) is 94.6 Å². The molecule has 0 spiro atoms. The third kappa shape index (κ3) is 2.28. The zero-order valence-corrected chi connectivity index (χ0v) is 13.0. The second-order valence-electron chi connectivity index (χ2n) is 5.45. The van der Waals surface area contributed by atoms with Crippen molar-refractivity contribution in [3.63, 3.8) is 0 Å². The fourth-order valence-electron chi connectivity index (χ4n) is 2.75. The fourth-order valence-corrected chi connectivity index (χ4v) is 2.75. The Kier molecular flexibility index (Phi) is 3.39. The number of aromatic amines is 1. The lowest BCUT2D eigenvalue weighted by molar-refractivity contribution is 0.184. The molecule has 1 aromatic carbocycles. The first-order valence-corrected chi connectivity index (χ1v) is 7.42. The highest BCUT2D eigenvalue weighted by atomic mass is 19.1. The van der Waals surface area contributed by atoms with Crippen molar-refractivity contribution in [3.8, 4) is 11.3 Å². The molecule has 3 aromatic heterocycles. The minimum atomic E-state index is -0.381. The molecule has 0 amide bonds. The van der Waals surface area contributed by atoms with Crippen molar-refractivity contribution in [2.45, 2.75) is 6.54 Å². The van der Waals surface area contributed by atoms with Crippen LogP contribution in [0.15, 0.2) is 30.6 Å². The van der Waals surface area contributed by atoms with Gasteiger partial charge in [0.05, 0.1) is 29.7 Å². The predicted octanol–water partition coefficient (Wildman–Crippen LogP) is 2.34. The number of nitrogens with two attached hydrogens (primary N) is 1. The van der Waals surface area contributed by atoms with Gasteiger partial charge in [0.2, 0.25) is 0 Å². The van der Waals surface area contributed by atoms with E-state index in [4.69, 9.17) is 10.5 Å². The number of hydrogen-bond acceptors (Lipinski definition) is 5. The standard InChI is InChI=1S/C16H15FN6O/c1-24-5-4-23-8-11-15(22-23)10-6-12(17)9(13-2-3-19-21-13)7-14(10)20-16(11)18/h2-3,6-8H,4-5H2,1H3,(H2,18,20)(H,19,21). The number of anilines is 1. The number of aromatic nitrogens is 5. The maximum Gasteiger partial charge on any atom is 0.135 e. The highest BCUT2D eigenvalue weighted by molar-refractivity contribution is 6.08. The monoisotopic (exact) mass is 326 g/mol. The lowest BCUT2D eigenvalue weighted by Gasteiger charge is -2.05. The Balaban J connectivity index is 1.94. The fraction of sp³-hybridized carbons (Fsp3) is 0.188. The van der Waals surface area contributed by atoms with Crippen molar-refractivity contribution in [3.05, 3.63) is 36.4 Å². The van der Waals surface area contributed by atoms with Gasteiger partial charge in [-0.15, -0.1) is 0 Å². The van der Waals surface area contributed by atoms with Crippen LogP contribution in [0.2, 0.25) is 0 Å². The second-order valence-corrected chi connectivity index (χ2v) is 5.45. The first kappa shape index (κ1) is 14.6. The summed E-state index contributed by atoms with van der Waals surface area (Å²) in [4.78, 5) is 4.40. The smallest absolute Gasteiger partial charge is 0.135 e. The minimum Gasteiger partial charge on any atom is -0.383 e. The van der Waals surface area contributed by atoms with Crippen molar-refractivity contribution in [1.29, 1.82) is 0 Å². The average molecular weight is 326 g/mol. The molecule has 122 valence electrons. The van der Waals surface area contributed by atoms with Crippen LogP contribution in [-0.4, -0.2) is 38.7 Å². The molecular weight excluding hydrogens is 311 g/mol. The molecule has 7 nitrogen and oxygen atoms in total. The summed E-state index contributed by atoms with van der Waals surface area (Å²) in [5.41, 5.74) is 8.15. The Morgan fingerprint density at radius 1 is 1.33 bits per heavy atom. The minimum absolute atomic E-state index is 0.362.